The van der Waals surface area contributed by atoms with Gasteiger partial charge in [-0.3, -0.25) is 9.59 Å². The molecule has 0 atom stereocenters. The molecule has 0 radical (unpaired) electrons. The number of carboxylic acid groups (broad SMARTS) is 2. The summed E-state index contributed by atoms with van der Waals surface area (Å²) in [6.07, 6.45) is 10.1. The molecule has 24 heteroatoms. The third kappa shape index (κ3) is 19.0. The van der Waals surface area contributed by atoms with E-state index in [1.54, 1.807) is 34.4 Å². The fourth-order valence-corrected chi connectivity index (χ4v) is 15.8. The van der Waals surface area contributed by atoms with E-state index in [4.69, 9.17) is 41.2 Å². The molecule has 12 rings (SSSR count). The van der Waals surface area contributed by atoms with Crippen molar-refractivity contribution in [3.05, 3.63) is 143 Å². The van der Waals surface area contributed by atoms with Gasteiger partial charge in [0, 0.05) is 41.1 Å². The Morgan fingerprint density at radius 1 is 0.440 bits per heavy atom. The summed E-state index contributed by atoms with van der Waals surface area (Å²) in [4.78, 5) is 28.1. The van der Waals surface area contributed by atoms with Crippen LogP contribution in [0.5, 0.6) is 0 Å². The van der Waals surface area contributed by atoms with E-state index in [0.717, 1.165) is 28.7 Å². The number of nitrogens with two attached hydrogens (primary N) is 2. The number of aliphatic carboxylic acids is 2. The second-order valence-electron chi connectivity index (χ2n) is 21.3. The molecule has 0 aromatic heterocycles. The van der Waals surface area contributed by atoms with E-state index in [2.05, 4.69) is 100 Å². The molecule has 0 spiro atoms. The number of fused-ring (bicyclic) bond motifs is 6. The Morgan fingerprint density at radius 2 is 0.845 bits per heavy atom. The Labute approximate surface area is 515 Å². The van der Waals surface area contributed by atoms with Crippen molar-refractivity contribution in [2.45, 2.75) is 134 Å². The van der Waals surface area contributed by atoms with E-state index in [-0.39, 0.29) is 37.2 Å². The van der Waals surface area contributed by atoms with Gasteiger partial charge in [-0.1, -0.05) is 207 Å². The molecule has 0 fully saturated rings. The molecule has 0 aliphatic carbocycles. The van der Waals surface area contributed by atoms with Crippen LogP contribution >= 0.6 is 70.6 Å². The zero-order valence-electron chi connectivity index (χ0n) is 49.6. The molecular weight excluding hydrogens is 1670 g/mol. The van der Waals surface area contributed by atoms with Gasteiger partial charge in [0.2, 0.25) is 0 Å². The summed E-state index contributed by atoms with van der Waals surface area (Å²) in [6.45, 7) is 17.5. The number of thioether (sulfide) groups is 6. The third-order valence-electron chi connectivity index (χ3n) is 15.7. The molecule has 6 heterocycles. The van der Waals surface area contributed by atoms with Gasteiger partial charge in [0.25, 0.3) is 0 Å². The molecule has 0 unspecified atom stereocenters. The number of carbonyl (C=O) groups is 2. The quantitative estimate of drug-likeness (QED) is 0.0345. The molecule has 84 heavy (non-hydrogen) atoms. The molecule has 8 N–H and O–H groups in total. The summed E-state index contributed by atoms with van der Waals surface area (Å²) < 4.78 is 11.0. The molecular formula is C60H76B6N2O8Rf2S6. The first-order valence-corrected chi connectivity index (χ1v) is 34.3. The van der Waals surface area contributed by atoms with Crippen molar-refractivity contribution in [3.63, 3.8) is 0 Å². The van der Waals surface area contributed by atoms with Crippen molar-refractivity contribution in [1.29, 1.82) is 0 Å². The number of benzene rings is 6. The van der Waals surface area contributed by atoms with E-state index in [0.29, 0.717) is 38.4 Å². The van der Waals surface area contributed by atoms with Crippen LogP contribution in [-0.4, -0.2) is 108 Å². The third-order valence-corrected chi connectivity index (χ3v) is 20.9. The minimum absolute atomic E-state index is 0. The standard InChI is InChI=1S/2C10H14BNS.2C10H11BO3S.2C10H13BOS.2Rf/c1-11-5-4-8-2-3-9(13-7-12)6-10(8)11;1-11-6-5-8-3-2-4-9(10(8)11)13-7-12;1-11-9-4-8(15-6-10(12)13)3-2-7(9)5-14-11;1-11-10-7(5-14-11)3-2-4-8(10)15-6-9(12)13;1-11-5-4-8-2-3-9(13-7-12)6-10(8)11;1-11-6-5-8-3-2-4-9(10(8)11)13-7-12;;/h2-3,6H,4-5,7,12H2,1H3;2-4H,5-7,12H2,1H3;2*2-4H,5-6H2,1H3,(H,12,13);2-3,6,12H,4-5,7H2,1H3;2-4,12H,5-7H2,1H3;;. The molecule has 6 aromatic rings. The van der Waals surface area contributed by atoms with Crippen molar-refractivity contribution < 1.29 is 39.3 Å². The molecule has 6 aliphatic heterocycles. The average Bonchev–Trinajstić information content (AvgIpc) is 4.24. The van der Waals surface area contributed by atoms with E-state index in [9.17, 15) is 9.59 Å². The number of aliphatic hydroxyl groups is 2. The van der Waals surface area contributed by atoms with Gasteiger partial charge < -0.3 is 41.2 Å². The van der Waals surface area contributed by atoms with Crippen LogP contribution in [0.3, 0.4) is 0 Å². The van der Waals surface area contributed by atoms with Crippen LogP contribution in [0.25, 0.3) is 0 Å². The van der Waals surface area contributed by atoms with Crippen molar-refractivity contribution in [1.82, 2.24) is 0 Å². The maximum atomic E-state index is 10.5. The Bertz CT molecular complexity index is 2980. The van der Waals surface area contributed by atoms with Crippen LogP contribution in [0.4, 0.5) is 0 Å². The minimum Gasteiger partial charge on any atom is -0.481 e. The van der Waals surface area contributed by atoms with E-state index >= 15 is 0 Å². The zero-order chi connectivity index (χ0) is 58.7. The maximum Gasteiger partial charge on any atom is 0.325 e. The normalized spacial score (nSPS) is 14.2. The topological polar surface area (TPSA) is 186 Å². The monoisotopic (exact) mass is 1740 g/mol. The maximum absolute atomic E-state index is 10.5. The molecule has 0 saturated heterocycles. The van der Waals surface area contributed by atoms with Crippen molar-refractivity contribution in [3.8, 4) is 0 Å². The minimum atomic E-state index is -0.788. The Morgan fingerprint density at radius 3 is 1.36 bits per heavy atom. The fourth-order valence-electron chi connectivity index (χ4n) is 11.5. The second kappa shape index (κ2) is 34.6. The number of hydrogen-bond acceptors (Lipinski definition) is 14. The van der Waals surface area contributed by atoms with E-state index < -0.39 is 11.9 Å². The Balaban J connectivity index is 0.000000184. The average molecular weight is 1740 g/mol. The van der Waals surface area contributed by atoms with Crippen LogP contribution in [0, 0.1) is 0 Å². The van der Waals surface area contributed by atoms with Crippen LogP contribution in [-0.2, 0) is 57.8 Å². The summed E-state index contributed by atoms with van der Waals surface area (Å²) in [7, 11) is 0. The summed E-state index contributed by atoms with van der Waals surface area (Å²) in [5.41, 5.74) is 27.9. The van der Waals surface area contributed by atoms with Crippen LogP contribution in [0.1, 0.15) is 33.4 Å². The predicted molar refractivity (Wildman–Crippen MR) is 362 cm³/mol. The zero-order valence-corrected chi connectivity index (χ0v) is 67.3. The van der Waals surface area contributed by atoms with Gasteiger partial charge in [-0.15, -0.1) is 47.0 Å². The van der Waals surface area contributed by atoms with Crippen molar-refractivity contribution in [2.75, 3.05) is 35.1 Å². The molecule has 6 aliphatic rings. The first kappa shape index (κ1) is 69.3. The smallest absolute Gasteiger partial charge is 0.325 e. The summed E-state index contributed by atoms with van der Waals surface area (Å²) in [5, 5.41) is 34.9. The van der Waals surface area contributed by atoms with E-state index in [1.807, 2.05) is 50.0 Å². The summed E-state index contributed by atoms with van der Waals surface area (Å²) in [5.74, 6) is 0.345. The molecule has 10 nitrogen and oxygen atoms in total. The Kier molecular flexibility index (Phi) is 28.5. The van der Waals surface area contributed by atoms with Crippen LogP contribution < -0.4 is 44.2 Å². The molecule has 0 saturated carbocycles. The number of aliphatic hydroxyl groups excluding tert-OH is 2. The fraction of sp³-hybridized carbons (Fsp3) is 0.367. The van der Waals surface area contributed by atoms with Gasteiger partial charge in [-0.2, -0.15) is 0 Å². The first-order chi connectivity index (χ1) is 39.6. The molecule has 0 amide bonds. The van der Waals surface area contributed by atoms with Gasteiger partial charge >= 0.3 is 25.8 Å². The van der Waals surface area contributed by atoms with Gasteiger partial charge in [-0.05, 0) is 84.1 Å². The summed E-state index contributed by atoms with van der Waals surface area (Å²) in [6, 6.07) is 38.2. The van der Waals surface area contributed by atoms with E-state index in [1.165, 1.54) is 167 Å². The second-order valence-corrected chi connectivity index (χ2v) is 27.5. The van der Waals surface area contributed by atoms with Crippen LogP contribution in [0.15, 0.2) is 139 Å². The number of hydrogen-bond donors (Lipinski definition) is 6. The SMILES string of the molecule is CB1CCc2ccc(SCN)cc21.CB1CCc2ccc(SCO)cc21.CB1CCc2cccc(SCN)c21.CB1CCc2cccc(SCO)c21.CB1OCc2ccc(SCC(=O)O)cc21.CB1OCc2cccc(SCC(=O)O)c21.[Rf].[Rf]. The number of rotatable bonds is 14. The van der Waals surface area contributed by atoms with Crippen molar-refractivity contribution >= 4 is 156 Å². The first-order valence-electron chi connectivity index (χ1n) is 28.4. The number of aryl methyl sites for hydroxylation is 4. The molecule has 6 aromatic carbocycles. The number of carboxylic acids is 2. The molecule has 0 bridgehead atoms. The summed E-state index contributed by atoms with van der Waals surface area (Å²) >= 11 is 9.22. The Hall–Kier alpha value is -5.49. The van der Waals surface area contributed by atoms with Gasteiger partial charge in [0.05, 0.1) is 36.6 Å². The predicted octanol–water partition coefficient (Wildman–Crippen LogP) is 8.84. The van der Waals surface area contributed by atoms with Gasteiger partial charge in [0.1, 0.15) is 0 Å². The van der Waals surface area contributed by atoms with Crippen molar-refractivity contribution in [2.24, 2.45) is 11.5 Å². The molecule has 432 valence electrons. The van der Waals surface area contributed by atoms with Gasteiger partial charge in [-0.25, -0.2) is 0 Å². The van der Waals surface area contributed by atoms with Gasteiger partial charge in [0.15, 0.2) is 26.9 Å². The largest absolute Gasteiger partial charge is 0.481 e. The van der Waals surface area contributed by atoms with Crippen LogP contribution in [0.2, 0.25) is 66.2 Å².